The zero-order valence-corrected chi connectivity index (χ0v) is 13.3. The van der Waals surface area contributed by atoms with Crippen molar-refractivity contribution in [3.05, 3.63) is 0 Å². The number of carbonyl (C=O) groups is 2. The van der Waals surface area contributed by atoms with E-state index in [0.717, 1.165) is 0 Å². The van der Waals surface area contributed by atoms with Gasteiger partial charge >= 0.3 is 12.1 Å². The Labute approximate surface area is 124 Å². The first kappa shape index (κ1) is 16.0. The van der Waals surface area contributed by atoms with Crippen LogP contribution in [0.25, 0.3) is 0 Å². The van der Waals surface area contributed by atoms with Crippen molar-refractivity contribution in [1.82, 2.24) is 4.90 Å². The van der Waals surface area contributed by atoms with Gasteiger partial charge < -0.3 is 18.9 Å². The lowest BCUT2D eigenvalue weighted by Crippen LogP contribution is -2.48. The largest absolute Gasteiger partial charge is 0.467 e. The fourth-order valence-electron chi connectivity index (χ4n) is 2.65. The summed E-state index contributed by atoms with van der Waals surface area (Å²) in [4.78, 5) is 25.6. The molecule has 0 bridgehead atoms. The normalized spacial score (nSPS) is 31.0. The van der Waals surface area contributed by atoms with Gasteiger partial charge in [0.1, 0.15) is 17.8 Å². The molecule has 0 aromatic heterocycles. The smallest absolute Gasteiger partial charge is 0.411 e. The van der Waals surface area contributed by atoms with Crippen LogP contribution in [0.2, 0.25) is 0 Å². The van der Waals surface area contributed by atoms with Gasteiger partial charge in [0.15, 0.2) is 11.8 Å². The van der Waals surface area contributed by atoms with Crippen LogP contribution >= 0.6 is 0 Å². The zero-order chi connectivity index (χ0) is 16.0. The van der Waals surface area contributed by atoms with Gasteiger partial charge in [-0.05, 0) is 34.6 Å². The Bertz CT molecular complexity index is 441. The third-order valence-corrected chi connectivity index (χ3v) is 3.32. The number of amides is 1. The second-order valence-corrected chi connectivity index (χ2v) is 6.74. The van der Waals surface area contributed by atoms with E-state index in [2.05, 4.69) is 0 Å². The van der Waals surface area contributed by atoms with Gasteiger partial charge in [-0.3, -0.25) is 4.90 Å². The molecule has 0 aromatic rings. The number of fused-ring (bicyclic) bond motifs is 1. The minimum atomic E-state index is -0.850. The minimum Gasteiger partial charge on any atom is -0.467 e. The molecule has 2 aliphatic heterocycles. The Morgan fingerprint density at radius 2 is 1.86 bits per heavy atom. The van der Waals surface area contributed by atoms with Gasteiger partial charge in [-0.2, -0.15) is 0 Å². The van der Waals surface area contributed by atoms with Crippen LogP contribution in [0.3, 0.4) is 0 Å². The van der Waals surface area contributed by atoms with Crippen LogP contribution in [0.5, 0.6) is 0 Å². The Morgan fingerprint density at radius 3 is 2.38 bits per heavy atom. The van der Waals surface area contributed by atoms with Crippen molar-refractivity contribution >= 4 is 12.1 Å². The maximum absolute atomic E-state index is 12.3. The molecule has 0 saturated carbocycles. The molecule has 0 aromatic carbocycles. The van der Waals surface area contributed by atoms with Crippen molar-refractivity contribution in [2.75, 3.05) is 13.7 Å². The number of hydrogen-bond donors (Lipinski definition) is 0. The Kier molecular flexibility index (Phi) is 3.92. The van der Waals surface area contributed by atoms with E-state index in [-0.39, 0.29) is 12.6 Å². The molecule has 0 radical (unpaired) electrons. The van der Waals surface area contributed by atoms with Crippen molar-refractivity contribution < 1.29 is 28.5 Å². The molecule has 7 nitrogen and oxygen atoms in total. The number of methoxy groups -OCH3 is 1. The molecular formula is C14H23NO6. The van der Waals surface area contributed by atoms with Crippen LogP contribution in [-0.2, 0) is 23.7 Å². The van der Waals surface area contributed by atoms with Crippen molar-refractivity contribution in [3.63, 3.8) is 0 Å². The number of hydrogen-bond acceptors (Lipinski definition) is 6. The number of carbonyl (C=O) groups excluding carboxylic acids is 2. The van der Waals surface area contributed by atoms with E-state index in [1.165, 1.54) is 12.0 Å². The molecule has 3 atom stereocenters. The lowest BCUT2D eigenvalue weighted by molar-refractivity contribution is -0.170. The molecule has 2 heterocycles. The van der Waals surface area contributed by atoms with Gasteiger partial charge in [-0.25, -0.2) is 9.59 Å². The summed E-state index contributed by atoms with van der Waals surface area (Å²) in [7, 11) is 1.28. The van der Waals surface area contributed by atoms with Crippen LogP contribution in [0.1, 0.15) is 34.6 Å². The number of rotatable bonds is 1. The van der Waals surface area contributed by atoms with Gasteiger partial charge in [-0.15, -0.1) is 0 Å². The second-order valence-electron chi connectivity index (χ2n) is 6.74. The quantitative estimate of drug-likeness (QED) is 0.680. The fourth-order valence-corrected chi connectivity index (χ4v) is 2.65. The molecule has 21 heavy (non-hydrogen) atoms. The third-order valence-electron chi connectivity index (χ3n) is 3.32. The third kappa shape index (κ3) is 3.29. The van der Waals surface area contributed by atoms with E-state index < -0.39 is 35.6 Å². The average Bonchev–Trinajstić information content (AvgIpc) is 2.77. The summed E-state index contributed by atoms with van der Waals surface area (Å²) >= 11 is 0. The van der Waals surface area contributed by atoms with Crippen molar-refractivity contribution in [2.24, 2.45) is 0 Å². The summed E-state index contributed by atoms with van der Waals surface area (Å²) < 4.78 is 21.6. The van der Waals surface area contributed by atoms with Gasteiger partial charge in [0.25, 0.3) is 0 Å². The van der Waals surface area contributed by atoms with Gasteiger partial charge in [0.05, 0.1) is 13.7 Å². The summed E-state index contributed by atoms with van der Waals surface area (Å²) in [5.41, 5.74) is -0.642. The zero-order valence-electron chi connectivity index (χ0n) is 13.3. The highest BCUT2D eigenvalue weighted by Crippen LogP contribution is 2.37. The maximum atomic E-state index is 12.3. The summed E-state index contributed by atoms with van der Waals surface area (Å²) in [5, 5.41) is 0. The second kappa shape index (κ2) is 5.14. The lowest BCUT2D eigenvalue weighted by Gasteiger charge is -2.30. The van der Waals surface area contributed by atoms with Crippen LogP contribution in [0.4, 0.5) is 4.79 Å². The molecule has 0 unspecified atom stereocenters. The van der Waals surface area contributed by atoms with Crippen LogP contribution in [0.15, 0.2) is 0 Å². The predicted molar refractivity (Wildman–Crippen MR) is 72.6 cm³/mol. The number of esters is 1. The van der Waals surface area contributed by atoms with E-state index >= 15 is 0 Å². The lowest BCUT2D eigenvalue weighted by atomic mass is 10.1. The highest BCUT2D eigenvalue weighted by molar-refractivity contribution is 5.83. The Hall–Kier alpha value is -1.34. The van der Waals surface area contributed by atoms with E-state index in [1.807, 2.05) is 0 Å². The van der Waals surface area contributed by atoms with E-state index in [4.69, 9.17) is 18.9 Å². The maximum Gasteiger partial charge on any atom is 0.411 e. The van der Waals surface area contributed by atoms with Crippen molar-refractivity contribution in [2.45, 2.75) is 64.3 Å². The first-order valence-electron chi connectivity index (χ1n) is 6.97. The molecule has 2 saturated heterocycles. The van der Waals surface area contributed by atoms with E-state index in [1.54, 1.807) is 34.6 Å². The molecule has 0 aliphatic carbocycles. The number of nitrogens with zero attached hydrogens (tertiary/aromatic N) is 1. The summed E-state index contributed by atoms with van der Waals surface area (Å²) in [6.07, 6.45) is -1.48. The standard InChI is InChI=1S/C14H23NO6/c1-13(2,3)21-12(17)15-7-8-10(9(15)11(16)18-6)20-14(4,5)19-8/h8-10H,7H2,1-6H3/t8-,9-,10-/m0/s1. The highest BCUT2D eigenvalue weighted by Gasteiger charge is 2.57. The molecule has 2 aliphatic rings. The summed E-state index contributed by atoms with van der Waals surface area (Å²) in [5.74, 6) is -1.31. The molecule has 1 amide bonds. The molecule has 7 heteroatoms. The highest BCUT2D eigenvalue weighted by atomic mass is 16.8. The molecule has 2 fully saturated rings. The fraction of sp³-hybridized carbons (Fsp3) is 0.857. The molecule has 0 N–H and O–H groups in total. The van der Waals surface area contributed by atoms with Crippen LogP contribution in [0, 0.1) is 0 Å². The summed E-state index contributed by atoms with van der Waals surface area (Å²) in [6, 6.07) is -0.850. The Morgan fingerprint density at radius 1 is 1.24 bits per heavy atom. The van der Waals surface area contributed by atoms with Crippen molar-refractivity contribution in [3.8, 4) is 0 Å². The van der Waals surface area contributed by atoms with Crippen LogP contribution in [-0.4, -0.2) is 60.3 Å². The van der Waals surface area contributed by atoms with Gasteiger partial charge in [-0.1, -0.05) is 0 Å². The van der Waals surface area contributed by atoms with Crippen LogP contribution < -0.4 is 0 Å². The average molecular weight is 301 g/mol. The van der Waals surface area contributed by atoms with E-state index in [9.17, 15) is 9.59 Å². The molecule has 120 valence electrons. The first-order chi connectivity index (χ1) is 9.54. The van der Waals surface area contributed by atoms with Crippen molar-refractivity contribution in [1.29, 1.82) is 0 Å². The monoisotopic (exact) mass is 301 g/mol. The van der Waals surface area contributed by atoms with Gasteiger partial charge in [0.2, 0.25) is 0 Å². The number of likely N-dealkylation sites (tertiary alicyclic amines) is 1. The molecule has 0 spiro atoms. The minimum absolute atomic E-state index is 0.239. The predicted octanol–water partition coefficient (Wildman–Crippen LogP) is 1.30. The van der Waals surface area contributed by atoms with Gasteiger partial charge in [0, 0.05) is 0 Å². The molecular weight excluding hydrogens is 278 g/mol. The molecule has 2 rings (SSSR count). The SMILES string of the molecule is COC(=O)[C@@H]1[C@H]2OC(C)(C)O[C@H]2CN1C(=O)OC(C)(C)C. The Balaban J connectivity index is 2.19. The summed E-state index contributed by atoms with van der Waals surface area (Å²) in [6.45, 7) is 9.10. The van der Waals surface area contributed by atoms with E-state index in [0.29, 0.717) is 0 Å². The first-order valence-corrected chi connectivity index (χ1v) is 6.97. The topological polar surface area (TPSA) is 74.3 Å². The number of ether oxygens (including phenoxy) is 4.